The van der Waals surface area contributed by atoms with Crippen LogP contribution in [0.5, 0.6) is 0 Å². The first-order chi connectivity index (χ1) is 19.5. The molecule has 2 aliphatic rings. The van der Waals surface area contributed by atoms with Gasteiger partial charge in [0, 0.05) is 56.3 Å². The van der Waals surface area contributed by atoms with Crippen LogP contribution in [0, 0.1) is 6.92 Å². The van der Waals surface area contributed by atoms with Gasteiger partial charge in [0.15, 0.2) is 0 Å². The van der Waals surface area contributed by atoms with Crippen LogP contribution in [0.3, 0.4) is 0 Å². The van der Waals surface area contributed by atoms with Gasteiger partial charge in [-0.25, -0.2) is 4.98 Å². The standard InChI is InChI=1S/C33H46N6O/c1-26-23-32(39-21-19-37(2)20-22-39)36-31-13-12-29(24-30(26)31)35-33(40)11-7-4-8-16-34-28-14-17-38(18-15-28)25-27-9-5-3-6-10-27/h3,5-6,9-10,12-13,23-24,28,34H,4,7-8,11,14-22,25H2,1-2H3,(H,35,40). The average Bonchev–Trinajstić information content (AvgIpc) is 2.97. The fourth-order valence-electron chi connectivity index (χ4n) is 5.91. The number of piperidine rings is 1. The Morgan fingerprint density at radius 3 is 2.48 bits per heavy atom. The molecule has 0 aliphatic carbocycles. The van der Waals surface area contributed by atoms with E-state index in [9.17, 15) is 4.79 Å². The second-order valence-corrected chi connectivity index (χ2v) is 11.7. The zero-order chi connectivity index (χ0) is 27.7. The third kappa shape index (κ3) is 8.03. The molecule has 0 atom stereocenters. The first-order valence-electron chi connectivity index (χ1n) is 15.2. The van der Waals surface area contributed by atoms with Gasteiger partial charge in [0.2, 0.25) is 5.91 Å². The number of benzene rings is 2. The Morgan fingerprint density at radius 2 is 1.70 bits per heavy atom. The molecule has 0 saturated carbocycles. The lowest BCUT2D eigenvalue weighted by molar-refractivity contribution is -0.116. The number of likely N-dealkylation sites (tertiary alicyclic amines) is 1. The van der Waals surface area contributed by atoms with Gasteiger partial charge in [-0.3, -0.25) is 9.69 Å². The predicted molar refractivity (Wildman–Crippen MR) is 166 cm³/mol. The van der Waals surface area contributed by atoms with Crippen LogP contribution in [0.2, 0.25) is 0 Å². The van der Waals surface area contributed by atoms with Crippen LogP contribution in [-0.2, 0) is 11.3 Å². The number of amides is 1. The predicted octanol–water partition coefficient (Wildman–Crippen LogP) is 5.05. The van der Waals surface area contributed by atoms with E-state index in [4.69, 9.17) is 4.98 Å². The zero-order valence-corrected chi connectivity index (χ0v) is 24.4. The fourth-order valence-corrected chi connectivity index (χ4v) is 5.91. The molecule has 1 amide bonds. The van der Waals surface area contributed by atoms with E-state index in [2.05, 4.69) is 81.8 Å². The van der Waals surface area contributed by atoms with Gasteiger partial charge in [0.05, 0.1) is 5.52 Å². The molecule has 7 nitrogen and oxygen atoms in total. The number of fused-ring (bicyclic) bond motifs is 1. The van der Waals surface area contributed by atoms with Crippen molar-refractivity contribution in [3.8, 4) is 0 Å². The van der Waals surface area contributed by atoms with Gasteiger partial charge in [0.1, 0.15) is 5.82 Å². The molecule has 2 N–H and O–H groups in total. The SMILES string of the molecule is Cc1cc(N2CCN(C)CC2)nc2ccc(NC(=O)CCCCCNC3CCN(Cc4ccccc4)CC3)cc12. The number of hydrogen-bond donors (Lipinski definition) is 2. The van der Waals surface area contributed by atoms with Crippen molar-refractivity contribution in [1.82, 2.24) is 20.1 Å². The number of aromatic nitrogens is 1. The number of aryl methyl sites for hydroxylation is 1. The number of hydrogen-bond acceptors (Lipinski definition) is 6. The summed E-state index contributed by atoms with van der Waals surface area (Å²) in [5.74, 6) is 1.15. The molecule has 2 saturated heterocycles. The van der Waals surface area contributed by atoms with E-state index in [1.807, 2.05) is 12.1 Å². The van der Waals surface area contributed by atoms with Gasteiger partial charge < -0.3 is 20.4 Å². The molecule has 0 spiro atoms. The molecule has 0 unspecified atom stereocenters. The van der Waals surface area contributed by atoms with Crippen molar-refractivity contribution in [3.63, 3.8) is 0 Å². The van der Waals surface area contributed by atoms with Crippen molar-refractivity contribution in [2.45, 2.75) is 58.0 Å². The molecular formula is C33H46N6O. The van der Waals surface area contributed by atoms with Gasteiger partial charge in [-0.15, -0.1) is 0 Å². The highest BCUT2D eigenvalue weighted by molar-refractivity contribution is 5.94. The molecule has 3 heterocycles. The van der Waals surface area contributed by atoms with Crippen molar-refractivity contribution in [2.24, 2.45) is 0 Å². The van der Waals surface area contributed by atoms with Gasteiger partial charge in [0.25, 0.3) is 0 Å². The summed E-state index contributed by atoms with van der Waals surface area (Å²) in [6.07, 6.45) is 6.11. The van der Waals surface area contributed by atoms with E-state index in [1.54, 1.807) is 0 Å². The maximum Gasteiger partial charge on any atom is 0.224 e. The summed E-state index contributed by atoms with van der Waals surface area (Å²) in [6, 6.07) is 19.7. The second kappa shape index (κ2) is 14.1. The average molecular weight is 543 g/mol. The molecule has 2 fully saturated rings. The minimum Gasteiger partial charge on any atom is -0.354 e. The lowest BCUT2D eigenvalue weighted by Gasteiger charge is -2.33. The molecule has 2 aliphatic heterocycles. The maximum atomic E-state index is 12.6. The van der Waals surface area contributed by atoms with E-state index in [-0.39, 0.29) is 5.91 Å². The minimum absolute atomic E-state index is 0.0952. The summed E-state index contributed by atoms with van der Waals surface area (Å²) in [4.78, 5) is 24.8. The van der Waals surface area contributed by atoms with E-state index in [0.29, 0.717) is 12.5 Å². The highest BCUT2D eigenvalue weighted by Gasteiger charge is 2.19. The normalized spacial score (nSPS) is 17.4. The number of pyridine rings is 1. The number of unbranched alkanes of at least 4 members (excludes halogenated alkanes) is 2. The molecule has 0 radical (unpaired) electrons. The summed E-state index contributed by atoms with van der Waals surface area (Å²) in [5, 5.41) is 7.95. The van der Waals surface area contributed by atoms with Crippen molar-refractivity contribution < 1.29 is 4.79 Å². The number of nitrogens with one attached hydrogen (secondary N) is 2. The molecule has 1 aromatic heterocycles. The number of carbonyl (C=O) groups excluding carboxylic acids is 1. The van der Waals surface area contributed by atoms with Crippen molar-refractivity contribution in [2.75, 3.05) is 63.1 Å². The Bertz CT molecular complexity index is 1230. The van der Waals surface area contributed by atoms with Crippen LogP contribution in [0.1, 0.15) is 49.7 Å². The third-order valence-electron chi connectivity index (χ3n) is 8.46. The van der Waals surface area contributed by atoms with Crippen molar-refractivity contribution >= 4 is 28.3 Å². The van der Waals surface area contributed by atoms with Crippen LogP contribution < -0.4 is 15.5 Å². The molecule has 2 aromatic carbocycles. The smallest absolute Gasteiger partial charge is 0.224 e. The monoisotopic (exact) mass is 542 g/mol. The maximum absolute atomic E-state index is 12.6. The van der Waals surface area contributed by atoms with Crippen LogP contribution in [0.15, 0.2) is 54.6 Å². The Balaban J connectivity index is 0.978. The first kappa shape index (κ1) is 28.5. The Morgan fingerprint density at radius 1 is 0.925 bits per heavy atom. The number of likely N-dealkylation sites (N-methyl/N-ethyl adjacent to an activating group) is 1. The molecule has 214 valence electrons. The zero-order valence-electron chi connectivity index (χ0n) is 24.4. The Labute approximate surface area is 239 Å². The van der Waals surface area contributed by atoms with E-state index >= 15 is 0 Å². The van der Waals surface area contributed by atoms with E-state index < -0.39 is 0 Å². The van der Waals surface area contributed by atoms with Gasteiger partial charge >= 0.3 is 0 Å². The molecule has 5 rings (SSSR count). The molecule has 40 heavy (non-hydrogen) atoms. The molecule has 7 heteroatoms. The summed E-state index contributed by atoms with van der Waals surface area (Å²) >= 11 is 0. The number of carbonyl (C=O) groups is 1. The number of nitrogens with zero attached hydrogens (tertiary/aromatic N) is 4. The lowest BCUT2D eigenvalue weighted by atomic mass is 10.0. The minimum atomic E-state index is 0.0952. The number of rotatable bonds is 11. The Kier molecular flexibility index (Phi) is 10.0. The summed E-state index contributed by atoms with van der Waals surface area (Å²) in [7, 11) is 2.17. The van der Waals surface area contributed by atoms with Crippen LogP contribution in [0.25, 0.3) is 10.9 Å². The first-order valence-corrected chi connectivity index (χ1v) is 15.2. The van der Waals surface area contributed by atoms with Crippen molar-refractivity contribution in [3.05, 3.63) is 65.7 Å². The molecule has 3 aromatic rings. The van der Waals surface area contributed by atoms with Crippen LogP contribution in [-0.4, -0.2) is 79.6 Å². The van der Waals surface area contributed by atoms with E-state index in [0.717, 1.165) is 94.0 Å². The van der Waals surface area contributed by atoms with Gasteiger partial charge in [-0.05, 0) is 94.7 Å². The van der Waals surface area contributed by atoms with Crippen LogP contribution >= 0.6 is 0 Å². The largest absolute Gasteiger partial charge is 0.354 e. The van der Waals surface area contributed by atoms with Crippen molar-refractivity contribution in [1.29, 1.82) is 0 Å². The molecular weight excluding hydrogens is 496 g/mol. The highest BCUT2D eigenvalue weighted by Crippen LogP contribution is 2.26. The topological polar surface area (TPSA) is 63.7 Å². The quantitative estimate of drug-likeness (QED) is 0.331. The lowest BCUT2D eigenvalue weighted by Crippen LogP contribution is -2.44. The Hall–Kier alpha value is -3.00. The number of piperazine rings is 1. The summed E-state index contributed by atoms with van der Waals surface area (Å²) < 4.78 is 0. The summed E-state index contributed by atoms with van der Waals surface area (Å²) in [5.41, 5.74) is 4.45. The van der Waals surface area contributed by atoms with Crippen LogP contribution in [0.4, 0.5) is 11.5 Å². The van der Waals surface area contributed by atoms with Gasteiger partial charge in [-0.2, -0.15) is 0 Å². The van der Waals surface area contributed by atoms with Gasteiger partial charge in [-0.1, -0.05) is 36.8 Å². The van der Waals surface area contributed by atoms with E-state index in [1.165, 1.54) is 24.0 Å². The molecule has 0 bridgehead atoms. The summed E-state index contributed by atoms with van der Waals surface area (Å²) in [6.45, 7) is 10.7. The second-order valence-electron chi connectivity index (χ2n) is 11.7. The number of anilines is 2. The fraction of sp³-hybridized carbons (Fsp3) is 0.515. The highest BCUT2D eigenvalue weighted by atomic mass is 16.1. The third-order valence-corrected chi connectivity index (χ3v) is 8.46.